The molecule has 1 heterocycles. The van der Waals surface area contributed by atoms with Crippen LogP contribution in [-0.4, -0.2) is 60.4 Å². The fourth-order valence-electron chi connectivity index (χ4n) is 3.25. The quantitative estimate of drug-likeness (QED) is 0.858. The Hall–Kier alpha value is -1.88. The van der Waals surface area contributed by atoms with E-state index in [0.717, 1.165) is 25.1 Å². The van der Waals surface area contributed by atoms with Crippen molar-refractivity contribution in [2.45, 2.75) is 45.6 Å². The van der Waals surface area contributed by atoms with Crippen LogP contribution in [0.3, 0.4) is 0 Å². The van der Waals surface area contributed by atoms with Gasteiger partial charge in [0.15, 0.2) is 0 Å². The lowest BCUT2D eigenvalue weighted by Crippen LogP contribution is -2.57. The Bertz CT molecular complexity index is 578. The van der Waals surface area contributed by atoms with Crippen LogP contribution in [0.25, 0.3) is 0 Å². The van der Waals surface area contributed by atoms with Crippen LogP contribution < -0.4 is 5.32 Å². The summed E-state index contributed by atoms with van der Waals surface area (Å²) >= 11 is 0. The first-order valence-electron chi connectivity index (χ1n) is 9.24. The van der Waals surface area contributed by atoms with E-state index in [4.69, 9.17) is 0 Å². The molecular weight excluding hydrogens is 314 g/mol. The summed E-state index contributed by atoms with van der Waals surface area (Å²) < 4.78 is 0. The number of nitrogens with zero attached hydrogens (tertiary/aromatic N) is 2. The summed E-state index contributed by atoms with van der Waals surface area (Å²) in [6.45, 7) is 11.5. The van der Waals surface area contributed by atoms with Gasteiger partial charge in [-0.15, -0.1) is 0 Å². The normalized spacial score (nSPS) is 17.2. The zero-order valence-electron chi connectivity index (χ0n) is 15.9. The summed E-state index contributed by atoms with van der Waals surface area (Å²) in [4.78, 5) is 29.2. The highest BCUT2D eigenvalue weighted by Gasteiger charge is 2.36. The van der Waals surface area contributed by atoms with E-state index in [0.29, 0.717) is 19.6 Å². The standard InChI is InChI=1S/C20H31N3O2/c1-5-11-21-18(24)16(2)22-12-14-23(15-13-22)19(25)20(3,4)17-9-7-6-8-10-17/h6-10,16H,5,11-15H2,1-4H3,(H,21,24). The minimum Gasteiger partial charge on any atom is -0.355 e. The largest absolute Gasteiger partial charge is 0.355 e. The van der Waals surface area contributed by atoms with E-state index in [1.807, 2.05) is 62.9 Å². The van der Waals surface area contributed by atoms with Gasteiger partial charge in [0, 0.05) is 32.7 Å². The SMILES string of the molecule is CCCNC(=O)C(C)N1CCN(C(=O)C(C)(C)c2ccccc2)CC1. The van der Waals surface area contributed by atoms with Crippen LogP contribution in [0.5, 0.6) is 0 Å². The first-order valence-corrected chi connectivity index (χ1v) is 9.24. The summed E-state index contributed by atoms with van der Waals surface area (Å²) in [6, 6.07) is 9.78. The predicted molar refractivity (Wildman–Crippen MR) is 100 cm³/mol. The average Bonchev–Trinajstić information content (AvgIpc) is 2.65. The Morgan fingerprint density at radius 3 is 2.28 bits per heavy atom. The van der Waals surface area contributed by atoms with E-state index in [1.165, 1.54) is 0 Å². The van der Waals surface area contributed by atoms with Gasteiger partial charge in [0.2, 0.25) is 11.8 Å². The molecule has 0 spiro atoms. The first kappa shape index (κ1) is 19.4. The van der Waals surface area contributed by atoms with Crippen LogP contribution in [0.15, 0.2) is 30.3 Å². The summed E-state index contributed by atoms with van der Waals surface area (Å²) in [6.07, 6.45) is 0.940. The highest BCUT2D eigenvalue weighted by molar-refractivity contribution is 5.87. The molecule has 0 saturated carbocycles. The van der Waals surface area contributed by atoms with E-state index in [-0.39, 0.29) is 17.9 Å². The Morgan fingerprint density at radius 1 is 1.12 bits per heavy atom. The Balaban J connectivity index is 1.93. The van der Waals surface area contributed by atoms with Crippen LogP contribution in [0.2, 0.25) is 0 Å². The number of benzene rings is 1. The molecular formula is C20H31N3O2. The lowest BCUT2D eigenvalue weighted by molar-refractivity contribution is -0.139. The van der Waals surface area contributed by atoms with E-state index >= 15 is 0 Å². The van der Waals surface area contributed by atoms with Gasteiger partial charge in [-0.25, -0.2) is 0 Å². The van der Waals surface area contributed by atoms with Gasteiger partial charge >= 0.3 is 0 Å². The predicted octanol–water partition coefficient (Wildman–Crippen LogP) is 2.02. The number of carbonyl (C=O) groups is 2. The number of carbonyl (C=O) groups excluding carboxylic acids is 2. The number of piperazine rings is 1. The number of nitrogens with one attached hydrogen (secondary N) is 1. The van der Waals surface area contributed by atoms with Crippen LogP contribution in [0.4, 0.5) is 0 Å². The molecule has 138 valence electrons. The molecule has 0 radical (unpaired) electrons. The number of rotatable bonds is 6. The van der Waals surface area contributed by atoms with Crippen molar-refractivity contribution in [2.75, 3.05) is 32.7 Å². The third-order valence-electron chi connectivity index (χ3n) is 5.11. The number of hydrogen-bond donors (Lipinski definition) is 1. The minimum atomic E-state index is -0.534. The van der Waals surface area contributed by atoms with Crippen molar-refractivity contribution >= 4 is 11.8 Å². The van der Waals surface area contributed by atoms with Gasteiger partial charge in [0.25, 0.3) is 0 Å². The highest BCUT2D eigenvalue weighted by atomic mass is 16.2. The smallest absolute Gasteiger partial charge is 0.237 e. The third kappa shape index (κ3) is 4.60. The van der Waals surface area contributed by atoms with Crippen molar-refractivity contribution in [1.82, 2.24) is 15.1 Å². The van der Waals surface area contributed by atoms with Gasteiger partial charge in [0.05, 0.1) is 11.5 Å². The lowest BCUT2D eigenvalue weighted by Gasteiger charge is -2.40. The number of amides is 2. The zero-order chi connectivity index (χ0) is 18.4. The summed E-state index contributed by atoms with van der Waals surface area (Å²) in [5.74, 6) is 0.229. The second kappa shape index (κ2) is 8.48. The van der Waals surface area contributed by atoms with Crippen LogP contribution in [0, 0.1) is 0 Å². The molecule has 2 rings (SSSR count). The molecule has 5 heteroatoms. The van der Waals surface area contributed by atoms with E-state index in [9.17, 15) is 9.59 Å². The van der Waals surface area contributed by atoms with Gasteiger partial charge in [0.1, 0.15) is 0 Å². The van der Waals surface area contributed by atoms with E-state index in [1.54, 1.807) is 0 Å². The van der Waals surface area contributed by atoms with E-state index in [2.05, 4.69) is 10.2 Å². The van der Waals surface area contributed by atoms with Crippen molar-refractivity contribution in [1.29, 1.82) is 0 Å². The molecule has 1 aliphatic heterocycles. The molecule has 1 saturated heterocycles. The van der Waals surface area contributed by atoms with Crippen molar-refractivity contribution in [2.24, 2.45) is 0 Å². The third-order valence-corrected chi connectivity index (χ3v) is 5.11. The molecule has 1 fully saturated rings. The fraction of sp³-hybridized carbons (Fsp3) is 0.600. The Kier molecular flexibility index (Phi) is 6.59. The van der Waals surface area contributed by atoms with Crippen LogP contribution >= 0.6 is 0 Å². The van der Waals surface area contributed by atoms with Crippen LogP contribution in [-0.2, 0) is 15.0 Å². The molecule has 1 unspecified atom stereocenters. The van der Waals surface area contributed by atoms with Gasteiger partial charge in [-0.2, -0.15) is 0 Å². The summed E-state index contributed by atoms with van der Waals surface area (Å²) in [5.41, 5.74) is 0.503. The molecule has 25 heavy (non-hydrogen) atoms. The molecule has 1 aliphatic rings. The monoisotopic (exact) mass is 345 g/mol. The minimum absolute atomic E-state index is 0.0752. The summed E-state index contributed by atoms with van der Waals surface area (Å²) in [5, 5.41) is 2.95. The Labute approximate surface area is 151 Å². The van der Waals surface area contributed by atoms with Crippen molar-refractivity contribution < 1.29 is 9.59 Å². The molecule has 1 atom stereocenters. The molecule has 1 N–H and O–H groups in total. The molecule has 2 amide bonds. The lowest BCUT2D eigenvalue weighted by atomic mass is 9.83. The van der Waals surface area contributed by atoms with Gasteiger partial charge in [-0.3, -0.25) is 14.5 Å². The van der Waals surface area contributed by atoms with Crippen LogP contribution in [0.1, 0.15) is 39.7 Å². The van der Waals surface area contributed by atoms with E-state index < -0.39 is 5.41 Å². The molecule has 5 nitrogen and oxygen atoms in total. The summed E-state index contributed by atoms with van der Waals surface area (Å²) in [7, 11) is 0. The molecule has 1 aromatic rings. The van der Waals surface area contributed by atoms with Gasteiger partial charge in [-0.1, -0.05) is 37.3 Å². The first-order chi connectivity index (χ1) is 11.9. The van der Waals surface area contributed by atoms with Gasteiger partial charge in [-0.05, 0) is 32.8 Å². The molecule has 0 aromatic heterocycles. The average molecular weight is 345 g/mol. The maximum atomic E-state index is 13.0. The zero-order valence-corrected chi connectivity index (χ0v) is 15.9. The topological polar surface area (TPSA) is 52.7 Å². The maximum Gasteiger partial charge on any atom is 0.237 e. The molecule has 1 aromatic carbocycles. The number of hydrogen-bond acceptors (Lipinski definition) is 3. The fourth-order valence-corrected chi connectivity index (χ4v) is 3.25. The molecule has 0 aliphatic carbocycles. The van der Waals surface area contributed by atoms with Crippen molar-refractivity contribution in [3.8, 4) is 0 Å². The van der Waals surface area contributed by atoms with Gasteiger partial charge < -0.3 is 10.2 Å². The van der Waals surface area contributed by atoms with Crippen molar-refractivity contribution in [3.63, 3.8) is 0 Å². The second-order valence-corrected chi connectivity index (χ2v) is 7.29. The maximum absolute atomic E-state index is 13.0. The molecule has 0 bridgehead atoms. The Morgan fingerprint density at radius 2 is 1.72 bits per heavy atom. The highest BCUT2D eigenvalue weighted by Crippen LogP contribution is 2.26. The van der Waals surface area contributed by atoms with Crippen molar-refractivity contribution in [3.05, 3.63) is 35.9 Å². The second-order valence-electron chi connectivity index (χ2n) is 7.29.